The van der Waals surface area contributed by atoms with E-state index in [-0.39, 0.29) is 17.3 Å². The number of thiocarbonyl (C=S) groups is 1. The van der Waals surface area contributed by atoms with Crippen molar-refractivity contribution in [3.63, 3.8) is 0 Å². The maximum absolute atomic E-state index is 13.5. The number of hydrogen-bond donors (Lipinski definition) is 3. The van der Waals surface area contributed by atoms with E-state index in [1.165, 1.54) is 18.2 Å². The molecule has 2 aromatic rings. The van der Waals surface area contributed by atoms with Crippen molar-refractivity contribution in [3.8, 4) is 5.75 Å². The average Bonchev–Trinajstić information content (AvgIpc) is 2.59. The molecule has 0 radical (unpaired) electrons. The topological polar surface area (TPSA) is 79.5 Å². The summed E-state index contributed by atoms with van der Waals surface area (Å²) in [5.74, 6) is -1.29. The van der Waals surface area contributed by atoms with Crippen molar-refractivity contribution in [2.24, 2.45) is 0 Å². The van der Waals surface area contributed by atoms with Gasteiger partial charge < -0.3 is 4.74 Å². The summed E-state index contributed by atoms with van der Waals surface area (Å²) in [6.07, 6.45) is 0. The quantitative estimate of drug-likeness (QED) is 0.572. The van der Waals surface area contributed by atoms with Gasteiger partial charge in [0.15, 0.2) is 11.7 Å². The van der Waals surface area contributed by atoms with Crippen LogP contribution < -0.4 is 20.9 Å². The van der Waals surface area contributed by atoms with Crippen molar-refractivity contribution in [2.75, 3.05) is 6.61 Å². The first-order valence-electron chi connectivity index (χ1n) is 7.30. The zero-order valence-corrected chi connectivity index (χ0v) is 14.2. The van der Waals surface area contributed by atoms with E-state index >= 15 is 0 Å². The number of benzene rings is 2. The zero-order valence-electron chi connectivity index (χ0n) is 13.3. The average molecular weight is 361 g/mol. The SMILES string of the molecule is Cc1ccccc1OCC(=O)NNC(=S)NC(=O)c1ccccc1F. The Bertz CT molecular complexity index is 798. The van der Waals surface area contributed by atoms with Crippen molar-refractivity contribution in [3.05, 3.63) is 65.5 Å². The number of ether oxygens (including phenoxy) is 1. The Morgan fingerprint density at radius 2 is 1.76 bits per heavy atom. The van der Waals surface area contributed by atoms with Crippen LogP contribution in [0.15, 0.2) is 48.5 Å². The Hall–Kier alpha value is -3.00. The number of hydrazine groups is 1. The molecular weight excluding hydrogens is 345 g/mol. The van der Waals surface area contributed by atoms with Crippen LogP contribution in [-0.2, 0) is 4.79 Å². The highest BCUT2D eigenvalue weighted by atomic mass is 32.1. The number of carbonyl (C=O) groups is 2. The maximum atomic E-state index is 13.5. The van der Waals surface area contributed by atoms with Crippen LogP contribution in [-0.4, -0.2) is 23.5 Å². The minimum Gasteiger partial charge on any atom is -0.483 e. The number of rotatable bonds is 4. The van der Waals surface area contributed by atoms with Gasteiger partial charge in [-0.25, -0.2) is 4.39 Å². The van der Waals surface area contributed by atoms with E-state index < -0.39 is 17.6 Å². The zero-order chi connectivity index (χ0) is 18.2. The van der Waals surface area contributed by atoms with Crippen LogP contribution >= 0.6 is 12.2 Å². The number of aryl methyl sites for hydroxylation is 1. The summed E-state index contributed by atoms with van der Waals surface area (Å²) in [6.45, 7) is 1.63. The first-order chi connectivity index (χ1) is 12.0. The molecule has 0 aromatic heterocycles. The van der Waals surface area contributed by atoms with Gasteiger partial charge in [0.05, 0.1) is 5.56 Å². The molecule has 0 aliphatic rings. The summed E-state index contributed by atoms with van der Waals surface area (Å²) in [6, 6.07) is 12.7. The third kappa shape index (κ3) is 5.54. The Balaban J connectivity index is 1.76. The predicted octanol–water partition coefficient (Wildman–Crippen LogP) is 1.85. The molecule has 0 saturated heterocycles. The van der Waals surface area contributed by atoms with Crippen molar-refractivity contribution >= 4 is 29.1 Å². The normalized spacial score (nSPS) is 9.84. The van der Waals surface area contributed by atoms with Crippen LogP contribution in [0.25, 0.3) is 0 Å². The lowest BCUT2D eigenvalue weighted by Gasteiger charge is -2.12. The largest absolute Gasteiger partial charge is 0.483 e. The molecule has 2 aromatic carbocycles. The molecule has 25 heavy (non-hydrogen) atoms. The minimum atomic E-state index is -0.721. The monoisotopic (exact) mass is 361 g/mol. The lowest BCUT2D eigenvalue weighted by Crippen LogP contribution is -2.49. The van der Waals surface area contributed by atoms with Crippen molar-refractivity contribution in [1.82, 2.24) is 16.2 Å². The van der Waals surface area contributed by atoms with E-state index in [4.69, 9.17) is 17.0 Å². The Labute approximate surface area is 149 Å². The van der Waals surface area contributed by atoms with Gasteiger partial charge in [0, 0.05) is 0 Å². The van der Waals surface area contributed by atoms with Gasteiger partial charge in [-0.3, -0.25) is 25.8 Å². The van der Waals surface area contributed by atoms with Gasteiger partial charge in [-0.1, -0.05) is 30.3 Å². The molecule has 0 aliphatic carbocycles. The highest BCUT2D eigenvalue weighted by Crippen LogP contribution is 2.15. The molecule has 2 rings (SSSR count). The van der Waals surface area contributed by atoms with E-state index in [0.717, 1.165) is 11.6 Å². The van der Waals surface area contributed by atoms with E-state index in [1.807, 2.05) is 19.1 Å². The molecule has 0 spiro atoms. The van der Waals surface area contributed by atoms with E-state index in [0.29, 0.717) is 5.75 Å². The van der Waals surface area contributed by atoms with Crippen LogP contribution in [0.5, 0.6) is 5.75 Å². The summed E-state index contributed by atoms with van der Waals surface area (Å²) in [7, 11) is 0. The molecule has 6 nitrogen and oxygen atoms in total. The third-order valence-electron chi connectivity index (χ3n) is 3.11. The first kappa shape index (κ1) is 18.3. The fraction of sp³-hybridized carbons (Fsp3) is 0.118. The van der Waals surface area contributed by atoms with Crippen molar-refractivity contribution < 1.29 is 18.7 Å². The van der Waals surface area contributed by atoms with Gasteiger partial charge in [-0.2, -0.15) is 0 Å². The summed E-state index contributed by atoms with van der Waals surface area (Å²) >= 11 is 4.87. The van der Waals surface area contributed by atoms with Crippen LogP contribution in [0.4, 0.5) is 4.39 Å². The fourth-order valence-electron chi connectivity index (χ4n) is 1.87. The number of halogens is 1. The Morgan fingerprint density at radius 1 is 1.08 bits per heavy atom. The molecule has 0 heterocycles. The molecule has 2 amide bonds. The standard InChI is InChI=1S/C17H16FN3O3S/c1-11-6-2-5-9-14(11)24-10-15(22)20-21-17(25)19-16(23)12-7-3-4-8-13(12)18/h2-9H,10H2,1H3,(H,20,22)(H2,19,21,23,25). The van der Waals surface area contributed by atoms with Gasteiger partial charge in [0.2, 0.25) is 0 Å². The smallest absolute Gasteiger partial charge is 0.276 e. The lowest BCUT2D eigenvalue weighted by atomic mass is 10.2. The van der Waals surface area contributed by atoms with Crippen molar-refractivity contribution in [2.45, 2.75) is 6.92 Å². The van der Waals surface area contributed by atoms with Gasteiger partial charge in [0.1, 0.15) is 11.6 Å². The molecule has 0 aliphatic heterocycles. The second kappa shape index (κ2) is 8.74. The Morgan fingerprint density at radius 3 is 2.48 bits per heavy atom. The predicted molar refractivity (Wildman–Crippen MR) is 94.4 cm³/mol. The number of hydrogen-bond acceptors (Lipinski definition) is 4. The van der Waals surface area contributed by atoms with E-state index in [1.54, 1.807) is 12.1 Å². The molecule has 8 heteroatoms. The summed E-state index contributed by atoms with van der Waals surface area (Å²) in [5.41, 5.74) is 5.38. The highest BCUT2D eigenvalue weighted by Gasteiger charge is 2.12. The molecule has 0 bridgehead atoms. The fourth-order valence-corrected chi connectivity index (χ4v) is 2.02. The molecule has 0 atom stereocenters. The molecule has 0 unspecified atom stereocenters. The summed E-state index contributed by atoms with van der Waals surface area (Å²) in [5, 5.41) is 2.09. The number of carbonyl (C=O) groups excluding carboxylic acids is 2. The summed E-state index contributed by atoms with van der Waals surface area (Å²) in [4.78, 5) is 23.6. The lowest BCUT2D eigenvalue weighted by molar-refractivity contribution is -0.123. The second-order valence-electron chi connectivity index (χ2n) is 4.99. The van der Waals surface area contributed by atoms with E-state index in [9.17, 15) is 14.0 Å². The summed E-state index contributed by atoms with van der Waals surface area (Å²) < 4.78 is 18.9. The molecule has 0 fully saturated rings. The van der Waals surface area contributed by atoms with Gasteiger partial charge in [-0.15, -0.1) is 0 Å². The number of para-hydroxylation sites is 1. The van der Waals surface area contributed by atoms with E-state index in [2.05, 4.69) is 16.2 Å². The van der Waals surface area contributed by atoms with Crippen LogP contribution in [0.2, 0.25) is 0 Å². The highest BCUT2D eigenvalue weighted by molar-refractivity contribution is 7.80. The van der Waals surface area contributed by atoms with Gasteiger partial charge in [0.25, 0.3) is 11.8 Å². The van der Waals surface area contributed by atoms with Crippen molar-refractivity contribution in [1.29, 1.82) is 0 Å². The molecule has 3 N–H and O–H groups in total. The minimum absolute atomic E-state index is 0.152. The van der Waals surface area contributed by atoms with Crippen LogP contribution in [0.3, 0.4) is 0 Å². The van der Waals surface area contributed by atoms with Gasteiger partial charge >= 0.3 is 0 Å². The first-order valence-corrected chi connectivity index (χ1v) is 7.71. The molecule has 130 valence electrons. The molecule has 0 saturated carbocycles. The second-order valence-corrected chi connectivity index (χ2v) is 5.40. The molecular formula is C17H16FN3O3S. The Kier molecular flexibility index (Phi) is 6.41. The third-order valence-corrected chi connectivity index (χ3v) is 3.32. The number of nitrogens with one attached hydrogen (secondary N) is 3. The van der Waals surface area contributed by atoms with Gasteiger partial charge in [-0.05, 0) is 42.9 Å². The van der Waals surface area contributed by atoms with Crippen LogP contribution in [0, 0.1) is 12.7 Å². The number of amides is 2. The maximum Gasteiger partial charge on any atom is 0.276 e. The van der Waals surface area contributed by atoms with Crippen LogP contribution in [0.1, 0.15) is 15.9 Å².